The Morgan fingerprint density at radius 1 is 1.26 bits per heavy atom. The predicted molar refractivity (Wildman–Crippen MR) is 76.4 cm³/mol. The van der Waals surface area contributed by atoms with Crippen molar-refractivity contribution < 1.29 is 4.74 Å². The van der Waals surface area contributed by atoms with Crippen LogP contribution in [0.3, 0.4) is 0 Å². The number of hydrogen-bond acceptors (Lipinski definition) is 3. The molecule has 1 N–H and O–H groups in total. The molecular formula is C16H20N2O. The summed E-state index contributed by atoms with van der Waals surface area (Å²) in [5.74, 6) is 7.60. The maximum Gasteiger partial charge on any atom is 0.122 e. The van der Waals surface area contributed by atoms with E-state index in [1.165, 1.54) is 5.56 Å². The Balaban J connectivity index is 1.63. The molecule has 0 bridgehead atoms. The summed E-state index contributed by atoms with van der Waals surface area (Å²) in [5, 5.41) is 3.35. The number of hydrogen-bond donors (Lipinski definition) is 1. The minimum Gasteiger partial charge on any atom is -0.493 e. The minimum atomic E-state index is 0.848. The average molecular weight is 256 g/mol. The van der Waals surface area contributed by atoms with Crippen LogP contribution in [0.1, 0.15) is 17.5 Å². The highest BCUT2D eigenvalue weighted by Gasteiger charge is 2.10. The summed E-state index contributed by atoms with van der Waals surface area (Å²) in [5.41, 5.74) is 2.42. The van der Waals surface area contributed by atoms with Crippen molar-refractivity contribution in [2.24, 2.45) is 0 Å². The van der Waals surface area contributed by atoms with E-state index >= 15 is 0 Å². The van der Waals surface area contributed by atoms with Gasteiger partial charge in [0.15, 0.2) is 0 Å². The minimum absolute atomic E-state index is 0.848. The topological polar surface area (TPSA) is 24.5 Å². The number of rotatable bonds is 1. The first-order valence-corrected chi connectivity index (χ1v) is 7.09. The summed E-state index contributed by atoms with van der Waals surface area (Å²) in [7, 11) is 0. The number of nitrogens with zero attached hydrogens (tertiary/aromatic N) is 1. The molecule has 1 aromatic rings. The van der Waals surface area contributed by atoms with E-state index in [-0.39, 0.29) is 0 Å². The van der Waals surface area contributed by atoms with E-state index in [2.05, 4.69) is 40.3 Å². The van der Waals surface area contributed by atoms with E-state index in [0.717, 1.165) is 63.5 Å². The van der Waals surface area contributed by atoms with Gasteiger partial charge in [0.1, 0.15) is 5.75 Å². The van der Waals surface area contributed by atoms with Gasteiger partial charge in [-0.25, -0.2) is 0 Å². The number of ether oxygens (including phenoxy) is 1. The molecule has 0 atom stereocenters. The van der Waals surface area contributed by atoms with Gasteiger partial charge in [-0.15, -0.1) is 0 Å². The van der Waals surface area contributed by atoms with Crippen LogP contribution in [-0.2, 0) is 6.42 Å². The fourth-order valence-electron chi connectivity index (χ4n) is 2.56. The zero-order chi connectivity index (χ0) is 12.9. The van der Waals surface area contributed by atoms with Gasteiger partial charge in [0, 0.05) is 31.7 Å². The fourth-order valence-corrected chi connectivity index (χ4v) is 2.56. The van der Waals surface area contributed by atoms with Gasteiger partial charge in [0.05, 0.1) is 13.2 Å². The number of benzene rings is 1. The first kappa shape index (κ1) is 12.5. The molecule has 0 saturated carbocycles. The summed E-state index contributed by atoms with van der Waals surface area (Å²) in [6.45, 7) is 6.09. The third-order valence-corrected chi connectivity index (χ3v) is 3.65. The standard InChI is InChI=1S/C16H20N2O/c1(9-18-10-7-17-8-11-18)3-14-5-6-16-15(13-14)4-2-12-19-16/h5-6,13,17H,2,4,7-12H2. The van der Waals surface area contributed by atoms with Crippen molar-refractivity contribution in [1.82, 2.24) is 10.2 Å². The van der Waals surface area contributed by atoms with Crippen molar-refractivity contribution in [1.29, 1.82) is 0 Å². The highest BCUT2D eigenvalue weighted by Crippen LogP contribution is 2.25. The molecule has 0 radical (unpaired) electrons. The Morgan fingerprint density at radius 2 is 2.16 bits per heavy atom. The smallest absolute Gasteiger partial charge is 0.122 e. The molecule has 1 saturated heterocycles. The number of piperazine rings is 1. The van der Waals surface area contributed by atoms with Crippen molar-refractivity contribution in [3.63, 3.8) is 0 Å². The Labute approximate surface area is 114 Å². The van der Waals surface area contributed by atoms with Crippen LogP contribution < -0.4 is 10.1 Å². The van der Waals surface area contributed by atoms with E-state index in [0.29, 0.717) is 0 Å². The van der Waals surface area contributed by atoms with E-state index in [1.54, 1.807) is 0 Å². The third-order valence-electron chi connectivity index (χ3n) is 3.65. The van der Waals surface area contributed by atoms with Gasteiger partial charge in [-0.05, 0) is 36.6 Å². The molecule has 2 heterocycles. The van der Waals surface area contributed by atoms with Crippen LogP contribution in [0.2, 0.25) is 0 Å². The molecule has 2 aliphatic heterocycles. The SMILES string of the molecule is C(#Cc1ccc2c(c1)CCCO2)CN1CCNCC1. The molecule has 2 aliphatic rings. The Kier molecular flexibility index (Phi) is 4.02. The van der Waals surface area contributed by atoms with Gasteiger partial charge >= 0.3 is 0 Å². The van der Waals surface area contributed by atoms with Crippen LogP contribution in [0, 0.1) is 11.8 Å². The van der Waals surface area contributed by atoms with Gasteiger partial charge < -0.3 is 10.1 Å². The first-order chi connectivity index (χ1) is 9.42. The fraction of sp³-hybridized carbons (Fsp3) is 0.500. The van der Waals surface area contributed by atoms with E-state index in [1.807, 2.05) is 0 Å². The number of aryl methyl sites for hydroxylation is 1. The van der Waals surface area contributed by atoms with Crippen molar-refractivity contribution in [2.75, 3.05) is 39.3 Å². The van der Waals surface area contributed by atoms with Gasteiger partial charge in [0.2, 0.25) is 0 Å². The Hall–Kier alpha value is -1.50. The van der Waals surface area contributed by atoms with Gasteiger partial charge in [0.25, 0.3) is 0 Å². The van der Waals surface area contributed by atoms with Crippen molar-refractivity contribution in [3.8, 4) is 17.6 Å². The monoisotopic (exact) mass is 256 g/mol. The molecule has 0 aromatic heterocycles. The van der Waals surface area contributed by atoms with Gasteiger partial charge in [-0.1, -0.05) is 11.8 Å². The van der Waals surface area contributed by atoms with Crippen molar-refractivity contribution in [2.45, 2.75) is 12.8 Å². The molecule has 19 heavy (non-hydrogen) atoms. The molecule has 3 nitrogen and oxygen atoms in total. The summed E-state index contributed by atoms with van der Waals surface area (Å²) in [6.07, 6.45) is 2.23. The van der Waals surface area contributed by atoms with E-state index < -0.39 is 0 Å². The van der Waals surface area contributed by atoms with E-state index in [9.17, 15) is 0 Å². The first-order valence-electron chi connectivity index (χ1n) is 7.09. The van der Waals surface area contributed by atoms with Gasteiger partial charge in [-0.3, -0.25) is 4.90 Å². The molecule has 0 aliphatic carbocycles. The summed E-state index contributed by atoms with van der Waals surface area (Å²) >= 11 is 0. The molecule has 3 rings (SSSR count). The quantitative estimate of drug-likeness (QED) is 0.766. The lowest BCUT2D eigenvalue weighted by molar-refractivity contribution is 0.268. The second kappa shape index (κ2) is 6.10. The zero-order valence-corrected chi connectivity index (χ0v) is 11.2. The van der Waals surface area contributed by atoms with Crippen LogP contribution >= 0.6 is 0 Å². The predicted octanol–water partition coefficient (Wildman–Crippen LogP) is 1.27. The molecule has 1 fully saturated rings. The second-order valence-corrected chi connectivity index (χ2v) is 5.10. The van der Waals surface area contributed by atoms with Crippen molar-refractivity contribution >= 4 is 0 Å². The Bertz CT molecular complexity index is 495. The maximum absolute atomic E-state index is 5.61. The van der Waals surface area contributed by atoms with E-state index in [4.69, 9.17) is 4.74 Å². The molecular weight excluding hydrogens is 236 g/mol. The Morgan fingerprint density at radius 3 is 3.05 bits per heavy atom. The molecule has 1 aromatic carbocycles. The lowest BCUT2D eigenvalue weighted by Crippen LogP contribution is -2.43. The highest BCUT2D eigenvalue weighted by atomic mass is 16.5. The van der Waals surface area contributed by atoms with Crippen LogP contribution in [-0.4, -0.2) is 44.2 Å². The molecule has 3 heteroatoms. The normalized spacial score (nSPS) is 18.9. The lowest BCUT2D eigenvalue weighted by atomic mass is 10.0. The van der Waals surface area contributed by atoms with Crippen molar-refractivity contribution in [3.05, 3.63) is 29.3 Å². The molecule has 100 valence electrons. The summed E-state index contributed by atoms with van der Waals surface area (Å²) in [6, 6.07) is 6.30. The molecule has 0 unspecified atom stereocenters. The van der Waals surface area contributed by atoms with Crippen LogP contribution in [0.25, 0.3) is 0 Å². The maximum atomic E-state index is 5.61. The number of nitrogens with one attached hydrogen (secondary N) is 1. The number of fused-ring (bicyclic) bond motifs is 1. The van der Waals surface area contributed by atoms with Crippen LogP contribution in [0.4, 0.5) is 0 Å². The van der Waals surface area contributed by atoms with Crippen LogP contribution in [0.5, 0.6) is 5.75 Å². The largest absolute Gasteiger partial charge is 0.493 e. The molecule has 0 amide bonds. The summed E-state index contributed by atoms with van der Waals surface area (Å²) < 4.78 is 5.61. The van der Waals surface area contributed by atoms with Gasteiger partial charge in [-0.2, -0.15) is 0 Å². The second-order valence-electron chi connectivity index (χ2n) is 5.10. The zero-order valence-electron chi connectivity index (χ0n) is 11.2. The van der Waals surface area contributed by atoms with Crippen LogP contribution in [0.15, 0.2) is 18.2 Å². The molecule has 0 spiro atoms. The third kappa shape index (κ3) is 3.28. The highest BCUT2D eigenvalue weighted by molar-refractivity contribution is 5.45. The lowest BCUT2D eigenvalue weighted by Gasteiger charge is -2.24. The average Bonchev–Trinajstić information content (AvgIpc) is 2.48. The summed E-state index contributed by atoms with van der Waals surface area (Å²) in [4.78, 5) is 2.39.